The molecule has 0 aliphatic rings. The molecule has 0 saturated carbocycles. The van der Waals surface area contributed by atoms with E-state index in [0.29, 0.717) is 23.5 Å². The third kappa shape index (κ3) is 5.83. The minimum Gasteiger partial charge on any atom is -0.489 e. The summed E-state index contributed by atoms with van der Waals surface area (Å²) in [5, 5.41) is 8.65. The van der Waals surface area contributed by atoms with Crippen LogP contribution in [0.3, 0.4) is 0 Å². The van der Waals surface area contributed by atoms with Crippen molar-refractivity contribution in [1.82, 2.24) is 4.90 Å². The molecule has 0 aliphatic carbocycles. The quantitative estimate of drug-likeness (QED) is 0.559. The Morgan fingerprint density at radius 1 is 1.38 bits per heavy atom. The number of aliphatic carboxylic acids is 1. The highest BCUT2D eigenvalue weighted by atomic mass is 16.5. The van der Waals surface area contributed by atoms with Crippen LogP contribution in [-0.4, -0.2) is 48.0 Å². The number of anilines is 1. The lowest BCUT2D eigenvalue weighted by molar-refractivity contribution is -0.137. The highest BCUT2D eigenvalue weighted by Crippen LogP contribution is 2.24. The molecule has 0 aliphatic heterocycles. The molecular weight excluding hydrogens is 272 g/mol. The molecule has 1 rings (SSSR count). The number of hydrogen-bond acceptors (Lipinski definition) is 5. The maximum Gasteiger partial charge on any atom is 0.317 e. The summed E-state index contributed by atoms with van der Waals surface area (Å²) in [5.74, 6) is -0.427. The molecule has 0 atom stereocenters. The minimum atomic E-state index is -0.913. The number of carbonyl (C=O) groups excluding carboxylic acids is 1. The van der Waals surface area contributed by atoms with Gasteiger partial charge in [0.15, 0.2) is 5.78 Å². The highest BCUT2D eigenvalue weighted by Gasteiger charge is 2.12. The lowest BCUT2D eigenvalue weighted by Gasteiger charge is -2.14. The van der Waals surface area contributed by atoms with E-state index >= 15 is 0 Å². The molecule has 0 spiro atoms. The molecule has 0 aromatic heterocycles. The lowest BCUT2D eigenvalue weighted by atomic mass is 10.1. The Bertz CT molecular complexity index is 514. The number of ether oxygens (including phenoxy) is 1. The number of ketones is 1. The molecule has 0 saturated heterocycles. The molecule has 21 heavy (non-hydrogen) atoms. The number of hydrogen-bond donors (Lipinski definition) is 2. The molecule has 0 unspecified atom stereocenters. The van der Waals surface area contributed by atoms with E-state index in [1.807, 2.05) is 13.8 Å². The molecular formula is C15H22N2O4. The van der Waals surface area contributed by atoms with Gasteiger partial charge in [0, 0.05) is 18.5 Å². The van der Waals surface area contributed by atoms with Crippen molar-refractivity contribution in [2.45, 2.75) is 26.4 Å². The van der Waals surface area contributed by atoms with E-state index < -0.39 is 5.97 Å². The fraction of sp³-hybridized carbons (Fsp3) is 0.467. The number of benzene rings is 1. The predicted octanol–water partition coefficient (Wildman–Crippen LogP) is 1.65. The van der Waals surface area contributed by atoms with E-state index in [9.17, 15) is 9.59 Å². The van der Waals surface area contributed by atoms with Gasteiger partial charge in [-0.05, 0) is 39.1 Å². The lowest BCUT2D eigenvalue weighted by Crippen LogP contribution is -2.27. The fourth-order valence-electron chi connectivity index (χ4n) is 1.83. The van der Waals surface area contributed by atoms with Crippen LogP contribution in [0.15, 0.2) is 18.2 Å². The number of carboxylic acid groups (broad SMARTS) is 1. The smallest absolute Gasteiger partial charge is 0.317 e. The van der Waals surface area contributed by atoms with Gasteiger partial charge in [-0.3, -0.25) is 14.5 Å². The number of nitrogens with two attached hydrogens (primary N) is 1. The Hall–Kier alpha value is -2.08. The van der Waals surface area contributed by atoms with Gasteiger partial charge in [-0.2, -0.15) is 0 Å². The molecule has 1 aromatic rings. The summed E-state index contributed by atoms with van der Waals surface area (Å²) in [4.78, 5) is 24.2. The van der Waals surface area contributed by atoms with E-state index in [1.54, 1.807) is 30.1 Å². The zero-order valence-electron chi connectivity index (χ0n) is 12.6. The Morgan fingerprint density at radius 2 is 2.05 bits per heavy atom. The molecule has 116 valence electrons. The zero-order valence-corrected chi connectivity index (χ0v) is 12.6. The van der Waals surface area contributed by atoms with E-state index in [1.165, 1.54) is 0 Å². The summed E-state index contributed by atoms with van der Waals surface area (Å²) in [6, 6.07) is 4.95. The van der Waals surface area contributed by atoms with Gasteiger partial charge in [0.05, 0.1) is 18.3 Å². The Kier molecular flexibility index (Phi) is 6.17. The fourth-order valence-corrected chi connectivity index (χ4v) is 1.83. The monoisotopic (exact) mass is 294 g/mol. The molecule has 3 N–H and O–H groups in total. The minimum absolute atomic E-state index is 0.0125. The molecule has 0 bridgehead atoms. The van der Waals surface area contributed by atoms with Gasteiger partial charge in [0.1, 0.15) is 5.75 Å². The van der Waals surface area contributed by atoms with Crippen LogP contribution in [-0.2, 0) is 4.79 Å². The van der Waals surface area contributed by atoms with Crippen molar-refractivity contribution in [1.29, 1.82) is 0 Å². The van der Waals surface area contributed by atoms with Crippen molar-refractivity contribution >= 4 is 17.4 Å². The molecule has 0 fully saturated rings. The second-order valence-corrected chi connectivity index (χ2v) is 5.22. The van der Waals surface area contributed by atoms with Gasteiger partial charge in [-0.25, -0.2) is 0 Å². The highest BCUT2D eigenvalue weighted by molar-refractivity contribution is 5.97. The van der Waals surface area contributed by atoms with Gasteiger partial charge in [0.2, 0.25) is 0 Å². The predicted molar refractivity (Wildman–Crippen MR) is 80.7 cm³/mol. The first-order valence-electron chi connectivity index (χ1n) is 6.79. The molecule has 0 radical (unpaired) electrons. The maximum absolute atomic E-state index is 12.1. The van der Waals surface area contributed by atoms with Crippen LogP contribution in [0.1, 0.15) is 30.6 Å². The summed E-state index contributed by atoms with van der Waals surface area (Å²) in [6.45, 7) is 4.10. The average Bonchev–Trinajstić information content (AvgIpc) is 2.37. The van der Waals surface area contributed by atoms with Gasteiger partial charge in [-0.1, -0.05) is 0 Å². The second kappa shape index (κ2) is 7.64. The van der Waals surface area contributed by atoms with Crippen molar-refractivity contribution in [3.8, 4) is 5.75 Å². The molecule has 6 nitrogen and oxygen atoms in total. The van der Waals surface area contributed by atoms with E-state index in [2.05, 4.69) is 0 Å². The largest absolute Gasteiger partial charge is 0.489 e. The van der Waals surface area contributed by atoms with Crippen molar-refractivity contribution in [3.05, 3.63) is 23.8 Å². The number of nitrogens with zero attached hydrogens (tertiary/aromatic N) is 1. The summed E-state index contributed by atoms with van der Waals surface area (Å²) < 4.78 is 5.51. The zero-order chi connectivity index (χ0) is 16.0. The summed E-state index contributed by atoms with van der Waals surface area (Å²) >= 11 is 0. The molecule has 6 heteroatoms. The van der Waals surface area contributed by atoms with Crippen LogP contribution in [0.2, 0.25) is 0 Å². The summed E-state index contributed by atoms with van der Waals surface area (Å²) in [6.07, 6.45) is 0.256. The average molecular weight is 294 g/mol. The number of likely N-dealkylation sites (N-methyl/N-ethyl adjacent to an activating group) is 1. The normalized spacial score (nSPS) is 10.9. The van der Waals surface area contributed by atoms with Crippen molar-refractivity contribution in [2.75, 3.05) is 25.9 Å². The number of carbonyl (C=O) groups is 2. The van der Waals surface area contributed by atoms with E-state index in [4.69, 9.17) is 15.6 Å². The number of carboxylic acids is 1. The third-order valence-electron chi connectivity index (χ3n) is 2.82. The van der Waals surface area contributed by atoms with Gasteiger partial charge < -0.3 is 15.6 Å². The Balaban J connectivity index is 2.62. The first-order valence-corrected chi connectivity index (χ1v) is 6.79. The van der Waals surface area contributed by atoms with Crippen LogP contribution >= 0.6 is 0 Å². The SMILES string of the molecule is CC(C)Oc1ccc(C(=O)CCN(C)CC(=O)O)cc1N. The van der Waals surface area contributed by atoms with Crippen molar-refractivity contribution in [2.24, 2.45) is 0 Å². The topological polar surface area (TPSA) is 92.9 Å². The van der Waals surface area contributed by atoms with E-state index in [-0.39, 0.29) is 24.9 Å². The second-order valence-electron chi connectivity index (χ2n) is 5.22. The maximum atomic E-state index is 12.1. The number of nitrogen functional groups attached to an aromatic ring is 1. The summed E-state index contributed by atoms with van der Waals surface area (Å²) in [5.41, 5.74) is 6.80. The third-order valence-corrected chi connectivity index (χ3v) is 2.82. The molecule has 1 aromatic carbocycles. The molecule has 0 heterocycles. The van der Waals surface area contributed by atoms with Gasteiger partial charge in [-0.15, -0.1) is 0 Å². The van der Waals surface area contributed by atoms with Crippen LogP contribution in [0.5, 0.6) is 5.75 Å². The number of Topliss-reactive ketones (excluding diaryl/α,β-unsaturated/α-hetero) is 1. The molecule has 0 amide bonds. The van der Waals surface area contributed by atoms with Crippen LogP contribution in [0.4, 0.5) is 5.69 Å². The standard InChI is InChI=1S/C15H22N2O4/c1-10(2)21-14-5-4-11(8-12(14)16)13(18)6-7-17(3)9-15(19)20/h4-5,8,10H,6-7,9,16H2,1-3H3,(H,19,20). The first kappa shape index (κ1) is 17.0. The Labute approximate surface area is 124 Å². The van der Waals surface area contributed by atoms with Gasteiger partial charge >= 0.3 is 5.97 Å². The Morgan fingerprint density at radius 3 is 2.57 bits per heavy atom. The summed E-state index contributed by atoms with van der Waals surface area (Å²) in [7, 11) is 1.66. The first-order chi connectivity index (χ1) is 9.79. The van der Waals surface area contributed by atoms with Crippen LogP contribution in [0, 0.1) is 0 Å². The van der Waals surface area contributed by atoms with Crippen LogP contribution in [0.25, 0.3) is 0 Å². The van der Waals surface area contributed by atoms with Crippen molar-refractivity contribution in [3.63, 3.8) is 0 Å². The van der Waals surface area contributed by atoms with Gasteiger partial charge in [0.25, 0.3) is 0 Å². The van der Waals surface area contributed by atoms with Crippen LogP contribution < -0.4 is 10.5 Å². The number of rotatable bonds is 8. The van der Waals surface area contributed by atoms with E-state index in [0.717, 1.165) is 0 Å². The van der Waals surface area contributed by atoms with Crippen molar-refractivity contribution < 1.29 is 19.4 Å².